The van der Waals surface area contributed by atoms with Gasteiger partial charge in [-0.05, 0) is 41.4 Å². The van der Waals surface area contributed by atoms with Gasteiger partial charge in [0, 0.05) is 18.2 Å². The molecule has 0 saturated heterocycles. The topological polar surface area (TPSA) is 55.2 Å². The number of nitro groups is 1. The van der Waals surface area contributed by atoms with Crippen molar-refractivity contribution < 1.29 is 9.31 Å². The van der Waals surface area contributed by atoms with E-state index in [0.29, 0.717) is 5.92 Å². The number of hydrogen-bond acceptors (Lipinski definition) is 3. The maximum absolute atomic E-state index is 13.4. The smallest absolute Gasteiger partial charge is 0.293 e. The van der Waals surface area contributed by atoms with Gasteiger partial charge >= 0.3 is 0 Å². The molecule has 0 bridgehead atoms. The molecule has 1 fully saturated rings. The Balaban J connectivity index is 2.25. The van der Waals surface area contributed by atoms with E-state index >= 15 is 0 Å². The molecule has 4 nitrogen and oxygen atoms in total. The average molecular weight is 350 g/mol. The van der Waals surface area contributed by atoms with Crippen molar-refractivity contribution in [3.8, 4) is 0 Å². The van der Waals surface area contributed by atoms with E-state index in [4.69, 9.17) is 0 Å². The molecule has 0 unspecified atom stereocenters. The maximum atomic E-state index is 13.4. The second-order valence-electron chi connectivity index (χ2n) is 4.46. The summed E-state index contributed by atoms with van der Waals surface area (Å²) in [5.74, 6) is 0.214. The van der Waals surface area contributed by atoms with Crippen molar-refractivity contribution in [2.45, 2.75) is 25.8 Å². The van der Waals surface area contributed by atoms with Crippen LogP contribution in [0.1, 0.15) is 19.8 Å². The van der Waals surface area contributed by atoms with E-state index in [2.05, 4.69) is 12.2 Å². The highest BCUT2D eigenvalue weighted by molar-refractivity contribution is 14.1. The fourth-order valence-electron chi connectivity index (χ4n) is 2.04. The van der Waals surface area contributed by atoms with Gasteiger partial charge in [0.25, 0.3) is 5.69 Å². The highest BCUT2D eigenvalue weighted by atomic mass is 127. The minimum Gasteiger partial charge on any atom is -0.377 e. The van der Waals surface area contributed by atoms with E-state index in [9.17, 15) is 14.5 Å². The van der Waals surface area contributed by atoms with Crippen LogP contribution in [0.3, 0.4) is 0 Å². The van der Waals surface area contributed by atoms with Crippen LogP contribution in [0.2, 0.25) is 0 Å². The summed E-state index contributed by atoms with van der Waals surface area (Å²) in [5, 5.41) is 13.9. The zero-order valence-corrected chi connectivity index (χ0v) is 11.4. The third kappa shape index (κ3) is 2.67. The van der Waals surface area contributed by atoms with Gasteiger partial charge in [0.15, 0.2) is 0 Å². The summed E-state index contributed by atoms with van der Waals surface area (Å²) in [6, 6.07) is 2.70. The van der Waals surface area contributed by atoms with Crippen LogP contribution in [0.5, 0.6) is 0 Å². The summed E-state index contributed by atoms with van der Waals surface area (Å²) in [6.07, 6.45) is 1.95. The van der Waals surface area contributed by atoms with Gasteiger partial charge in [0.1, 0.15) is 11.5 Å². The molecular weight excluding hydrogens is 338 g/mol. The Hall–Kier alpha value is -0.920. The summed E-state index contributed by atoms with van der Waals surface area (Å²) in [5.41, 5.74) is 0.222. The van der Waals surface area contributed by atoms with Crippen molar-refractivity contribution in [1.29, 1.82) is 0 Å². The van der Waals surface area contributed by atoms with Gasteiger partial charge in [0.05, 0.1) is 8.49 Å². The van der Waals surface area contributed by atoms with E-state index in [1.807, 2.05) is 0 Å². The SMILES string of the molecule is CC1CC(Nc2cc(F)c(I)cc2[N+](=O)[O-])C1. The number of nitrogens with zero attached hydrogens (tertiary/aromatic N) is 1. The number of benzene rings is 1. The summed E-state index contributed by atoms with van der Waals surface area (Å²) < 4.78 is 13.7. The lowest BCUT2D eigenvalue weighted by atomic mass is 9.82. The zero-order valence-electron chi connectivity index (χ0n) is 9.24. The third-order valence-corrected chi connectivity index (χ3v) is 3.80. The molecule has 1 aromatic carbocycles. The Morgan fingerprint density at radius 2 is 2.18 bits per heavy atom. The first-order valence-corrected chi connectivity index (χ1v) is 6.45. The molecule has 0 spiro atoms. The van der Waals surface area contributed by atoms with Crippen molar-refractivity contribution in [2.75, 3.05) is 5.32 Å². The molecule has 1 N–H and O–H groups in total. The number of hydrogen-bond donors (Lipinski definition) is 1. The number of anilines is 1. The predicted molar refractivity (Wildman–Crippen MR) is 71.6 cm³/mol. The molecule has 0 aromatic heterocycles. The van der Waals surface area contributed by atoms with Crippen LogP contribution in [-0.2, 0) is 0 Å². The van der Waals surface area contributed by atoms with E-state index in [0.717, 1.165) is 12.8 Å². The monoisotopic (exact) mass is 350 g/mol. The first-order valence-electron chi connectivity index (χ1n) is 5.37. The van der Waals surface area contributed by atoms with Gasteiger partial charge in [-0.25, -0.2) is 4.39 Å². The molecule has 6 heteroatoms. The zero-order chi connectivity index (χ0) is 12.6. The van der Waals surface area contributed by atoms with Gasteiger partial charge in [0.2, 0.25) is 0 Å². The lowest BCUT2D eigenvalue weighted by molar-refractivity contribution is -0.384. The lowest BCUT2D eigenvalue weighted by Gasteiger charge is -2.33. The Morgan fingerprint density at radius 1 is 1.53 bits per heavy atom. The first kappa shape index (κ1) is 12.5. The van der Waals surface area contributed by atoms with Crippen LogP contribution < -0.4 is 5.32 Å². The van der Waals surface area contributed by atoms with E-state index in [-0.39, 0.29) is 21.0 Å². The van der Waals surface area contributed by atoms with Crippen molar-refractivity contribution >= 4 is 34.0 Å². The van der Waals surface area contributed by atoms with Gasteiger partial charge in [-0.3, -0.25) is 10.1 Å². The molecular formula is C11H12FIN2O2. The second-order valence-corrected chi connectivity index (χ2v) is 5.62. The Morgan fingerprint density at radius 3 is 2.71 bits per heavy atom. The number of nitrogens with one attached hydrogen (secondary N) is 1. The quantitative estimate of drug-likeness (QED) is 0.515. The minimum absolute atomic E-state index is 0.0599. The molecule has 17 heavy (non-hydrogen) atoms. The van der Waals surface area contributed by atoms with Crippen LogP contribution in [0, 0.1) is 25.4 Å². The molecule has 2 rings (SSSR count). The average Bonchev–Trinajstić information content (AvgIpc) is 2.20. The van der Waals surface area contributed by atoms with E-state index < -0.39 is 10.7 Å². The molecule has 0 heterocycles. The Kier molecular flexibility index (Phi) is 3.50. The van der Waals surface area contributed by atoms with Crippen LogP contribution in [0.25, 0.3) is 0 Å². The largest absolute Gasteiger partial charge is 0.377 e. The van der Waals surface area contributed by atoms with Crippen LogP contribution >= 0.6 is 22.6 Å². The lowest BCUT2D eigenvalue weighted by Crippen LogP contribution is -2.34. The molecule has 1 aliphatic carbocycles. The minimum atomic E-state index is -0.480. The number of halogens is 2. The molecule has 0 aliphatic heterocycles. The molecule has 0 atom stereocenters. The van der Waals surface area contributed by atoms with Crippen molar-refractivity contribution in [3.05, 3.63) is 31.6 Å². The summed E-state index contributed by atoms with van der Waals surface area (Å²) >= 11 is 1.75. The van der Waals surface area contributed by atoms with Gasteiger partial charge in [-0.2, -0.15) is 0 Å². The van der Waals surface area contributed by atoms with Crippen molar-refractivity contribution in [1.82, 2.24) is 0 Å². The molecule has 0 amide bonds. The third-order valence-electron chi connectivity index (χ3n) is 2.97. The highest BCUT2D eigenvalue weighted by Gasteiger charge is 2.27. The Bertz CT molecular complexity index is 461. The standard InChI is InChI=1S/C11H12FIN2O2/c1-6-2-7(3-6)14-10-4-8(12)9(13)5-11(10)15(16)17/h4-7,14H,2-3H2,1H3. The van der Waals surface area contributed by atoms with Gasteiger partial charge in [-0.15, -0.1) is 0 Å². The molecule has 92 valence electrons. The fraction of sp³-hybridized carbons (Fsp3) is 0.455. The fourth-order valence-corrected chi connectivity index (χ4v) is 2.49. The van der Waals surface area contributed by atoms with Gasteiger partial charge < -0.3 is 5.32 Å². The Labute approximate surface area is 112 Å². The number of nitro benzene ring substituents is 1. The highest BCUT2D eigenvalue weighted by Crippen LogP contribution is 2.34. The molecule has 1 aromatic rings. The van der Waals surface area contributed by atoms with Crippen LogP contribution in [0.15, 0.2) is 12.1 Å². The van der Waals surface area contributed by atoms with E-state index in [1.54, 1.807) is 22.6 Å². The normalized spacial score (nSPS) is 23.0. The summed E-state index contributed by atoms with van der Waals surface area (Å²) in [6.45, 7) is 2.13. The van der Waals surface area contributed by atoms with Crippen LogP contribution in [-0.4, -0.2) is 11.0 Å². The van der Waals surface area contributed by atoms with E-state index in [1.165, 1.54) is 12.1 Å². The summed E-state index contributed by atoms with van der Waals surface area (Å²) in [4.78, 5) is 10.4. The maximum Gasteiger partial charge on any atom is 0.293 e. The van der Waals surface area contributed by atoms with Gasteiger partial charge in [-0.1, -0.05) is 6.92 Å². The predicted octanol–water partition coefficient (Wildman–Crippen LogP) is 3.55. The number of rotatable bonds is 3. The van der Waals surface area contributed by atoms with Crippen molar-refractivity contribution in [3.63, 3.8) is 0 Å². The molecule has 1 saturated carbocycles. The van der Waals surface area contributed by atoms with Crippen molar-refractivity contribution in [2.24, 2.45) is 5.92 Å². The molecule has 0 radical (unpaired) electrons. The summed E-state index contributed by atoms with van der Waals surface area (Å²) in [7, 11) is 0. The second kappa shape index (κ2) is 4.75. The van der Waals surface area contributed by atoms with Crippen LogP contribution in [0.4, 0.5) is 15.8 Å². The first-order chi connectivity index (χ1) is 7.97. The molecule has 1 aliphatic rings.